The summed E-state index contributed by atoms with van der Waals surface area (Å²) in [5.74, 6) is 0.942. The fraction of sp³-hybridized carbons (Fsp3) is 0.100. The van der Waals surface area contributed by atoms with Crippen molar-refractivity contribution in [2.75, 3.05) is 0 Å². The van der Waals surface area contributed by atoms with Gasteiger partial charge in [0.2, 0.25) is 0 Å². The Balaban J connectivity index is 1.78. The molecule has 0 spiro atoms. The molecule has 3 aromatic rings. The van der Waals surface area contributed by atoms with Crippen molar-refractivity contribution in [2.45, 2.75) is 12.5 Å². The van der Waals surface area contributed by atoms with Crippen molar-refractivity contribution >= 4 is 11.6 Å². The van der Waals surface area contributed by atoms with Crippen molar-refractivity contribution in [1.82, 2.24) is 0 Å². The van der Waals surface area contributed by atoms with Crippen LogP contribution >= 0.6 is 11.6 Å². The second-order valence-corrected chi connectivity index (χ2v) is 5.89. The van der Waals surface area contributed by atoms with Crippen LogP contribution in [0.3, 0.4) is 0 Å². The van der Waals surface area contributed by atoms with Crippen LogP contribution in [0.1, 0.15) is 17.2 Å². The average molecular weight is 307 g/mol. The molecule has 0 aliphatic carbocycles. The van der Waals surface area contributed by atoms with Crippen molar-refractivity contribution in [1.29, 1.82) is 0 Å². The molecule has 0 saturated heterocycles. The Kier molecular flexibility index (Phi) is 3.36. The van der Waals surface area contributed by atoms with E-state index in [2.05, 4.69) is 24.3 Å². The molecule has 22 heavy (non-hydrogen) atoms. The Morgan fingerprint density at radius 3 is 2.23 bits per heavy atom. The van der Waals surface area contributed by atoms with E-state index in [9.17, 15) is 0 Å². The molecule has 0 fully saturated rings. The number of halogens is 1. The van der Waals surface area contributed by atoms with Gasteiger partial charge in [0.1, 0.15) is 11.9 Å². The zero-order valence-electron chi connectivity index (χ0n) is 12.0. The first-order valence-electron chi connectivity index (χ1n) is 7.41. The highest BCUT2D eigenvalue weighted by atomic mass is 35.5. The van der Waals surface area contributed by atoms with Crippen molar-refractivity contribution < 1.29 is 4.74 Å². The molecule has 1 aliphatic heterocycles. The van der Waals surface area contributed by atoms with Crippen LogP contribution in [0.25, 0.3) is 11.1 Å². The summed E-state index contributed by atoms with van der Waals surface area (Å²) in [5.41, 5.74) is 4.64. The Bertz CT molecular complexity index is 797. The van der Waals surface area contributed by atoms with Crippen LogP contribution in [-0.4, -0.2) is 0 Å². The molecular weight excluding hydrogens is 292 g/mol. The average Bonchev–Trinajstić information content (AvgIpc) is 3.00. The number of hydrogen-bond acceptors (Lipinski definition) is 1. The predicted molar refractivity (Wildman–Crippen MR) is 90.4 cm³/mol. The van der Waals surface area contributed by atoms with Crippen LogP contribution in [0.15, 0.2) is 72.8 Å². The topological polar surface area (TPSA) is 9.23 Å². The summed E-state index contributed by atoms with van der Waals surface area (Å²) < 4.78 is 6.15. The smallest absolute Gasteiger partial charge is 0.128 e. The Morgan fingerprint density at radius 1 is 0.818 bits per heavy atom. The minimum Gasteiger partial charge on any atom is -0.485 e. The summed E-state index contributed by atoms with van der Waals surface area (Å²) >= 11 is 6.48. The Hall–Kier alpha value is -2.25. The molecule has 0 saturated carbocycles. The van der Waals surface area contributed by atoms with Gasteiger partial charge in [-0.15, -0.1) is 0 Å². The summed E-state index contributed by atoms with van der Waals surface area (Å²) in [7, 11) is 0. The van der Waals surface area contributed by atoms with Crippen molar-refractivity contribution in [3.63, 3.8) is 0 Å². The molecule has 1 unspecified atom stereocenters. The summed E-state index contributed by atoms with van der Waals surface area (Å²) in [4.78, 5) is 0. The van der Waals surface area contributed by atoms with E-state index >= 15 is 0 Å². The first-order chi connectivity index (χ1) is 10.8. The summed E-state index contributed by atoms with van der Waals surface area (Å²) in [6.45, 7) is 0. The largest absolute Gasteiger partial charge is 0.485 e. The Morgan fingerprint density at radius 2 is 1.50 bits per heavy atom. The lowest BCUT2D eigenvalue weighted by Gasteiger charge is -2.10. The van der Waals surface area contributed by atoms with Crippen LogP contribution in [0.2, 0.25) is 5.02 Å². The van der Waals surface area contributed by atoms with Crippen LogP contribution in [-0.2, 0) is 6.42 Å². The van der Waals surface area contributed by atoms with Crippen molar-refractivity contribution in [3.05, 3.63) is 88.9 Å². The summed E-state index contributed by atoms with van der Waals surface area (Å²) in [6.07, 6.45) is 0.918. The molecule has 108 valence electrons. The van der Waals surface area contributed by atoms with E-state index in [-0.39, 0.29) is 6.10 Å². The number of hydrogen-bond donors (Lipinski definition) is 0. The van der Waals surface area contributed by atoms with E-state index in [1.165, 1.54) is 11.1 Å². The molecule has 0 amide bonds. The quantitative estimate of drug-likeness (QED) is 0.591. The van der Waals surface area contributed by atoms with Gasteiger partial charge in [-0.25, -0.2) is 0 Å². The minimum absolute atomic E-state index is 0.0668. The third-order valence-electron chi connectivity index (χ3n) is 4.11. The molecule has 0 aromatic heterocycles. The lowest BCUT2D eigenvalue weighted by Crippen LogP contribution is -2.02. The molecule has 3 aromatic carbocycles. The van der Waals surface area contributed by atoms with Gasteiger partial charge in [0.25, 0.3) is 0 Å². The van der Waals surface area contributed by atoms with E-state index < -0.39 is 0 Å². The van der Waals surface area contributed by atoms with Crippen LogP contribution in [0.5, 0.6) is 5.75 Å². The van der Waals surface area contributed by atoms with Gasteiger partial charge in [-0.3, -0.25) is 0 Å². The lowest BCUT2D eigenvalue weighted by molar-refractivity contribution is 0.238. The highest BCUT2D eigenvalue weighted by Gasteiger charge is 2.28. The fourth-order valence-electron chi connectivity index (χ4n) is 3.06. The zero-order chi connectivity index (χ0) is 14.9. The number of fused-ring (bicyclic) bond motifs is 1. The second-order valence-electron chi connectivity index (χ2n) is 5.49. The normalized spacial score (nSPS) is 16.1. The molecular formula is C20H15ClO. The molecule has 4 rings (SSSR count). The van der Waals surface area contributed by atoms with E-state index in [0.717, 1.165) is 28.3 Å². The van der Waals surface area contributed by atoms with Crippen LogP contribution in [0.4, 0.5) is 0 Å². The van der Waals surface area contributed by atoms with Gasteiger partial charge in [0, 0.05) is 22.6 Å². The highest BCUT2D eigenvalue weighted by Crippen LogP contribution is 2.44. The van der Waals surface area contributed by atoms with Crippen molar-refractivity contribution in [3.8, 4) is 16.9 Å². The Labute approximate surface area is 135 Å². The highest BCUT2D eigenvalue weighted by molar-refractivity contribution is 6.33. The molecule has 0 bridgehead atoms. The molecule has 2 heteroatoms. The molecule has 1 heterocycles. The lowest BCUT2D eigenvalue weighted by atomic mass is 9.95. The summed E-state index contributed by atoms with van der Waals surface area (Å²) in [5, 5.41) is 0.780. The predicted octanol–water partition coefficient (Wildman–Crippen LogP) is 5.68. The van der Waals surface area contributed by atoms with Gasteiger partial charge in [-0.05, 0) is 23.3 Å². The first-order valence-corrected chi connectivity index (χ1v) is 7.79. The van der Waals surface area contributed by atoms with Crippen LogP contribution < -0.4 is 4.74 Å². The van der Waals surface area contributed by atoms with E-state index in [1.807, 2.05) is 48.5 Å². The maximum Gasteiger partial charge on any atom is 0.128 e. The van der Waals surface area contributed by atoms with Gasteiger partial charge in [-0.1, -0.05) is 72.3 Å². The van der Waals surface area contributed by atoms with Gasteiger partial charge in [0.15, 0.2) is 0 Å². The monoisotopic (exact) mass is 306 g/mol. The van der Waals surface area contributed by atoms with Gasteiger partial charge in [0.05, 0.1) is 0 Å². The third-order valence-corrected chi connectivity index (χ3v) is 4.43. The van der Waals surface area contributed by atoms with Gasteiger partial charge < -0.3 is 4.74 Å². The molecule has 1 aliphatic rings. The summed E-state index contributed by atoms with van der Waals surface area (Å²) in [6, 6.07) is 24.5. The first kappa shape index (κ1) is 13.4. The fourth-order valence-corrected chi connectivity index (χ4v) is 3.35. The molecule has 1 nitrogen and oxygen atoms in total. The maximum absolute atomic E-state index is 6.48. The number of ether oxygens (including phenoxy) is 1. The zero-order valence-corrected chi connectivity index (χ0v) is 12.8. The molecule has 1 atom stereocenters. The van der Waals surface area contributed by atoms with Crippen molar-refractivity contribution in [2.24, 2.45) is 0 Å². The second kappa shape index (κ2) is 5.51. The standard InChI is InChI=1S/C20H15ClO/c21-17-11-12-18-16(20(17)15-9-5-2-6-10-15)13-19(22-18)14-7-3-1-4-8-14/h1-12,19H,13H2. The van der Waals surface area contributed by atoms with E-state index in [4.69, 9.17) is 16.3 Å². The van der Waals surface area contributed by atoms with Gasteiger partial charge in [-0.2, -0.15) is 0 Å². The minimum atomic E-state index is 0.0668. The van der Waals surface area contributed by atoms with E-state index in [1.54, 1.807) is 0 Å². The van der Waals surface area contributed by atoms with Crippen LogP contribution in [0, 0.1) is 0 Å². The number of benzene rings is 3. The van der Waals surface area contributed by atoms with E-state index in [0.29, 0.717) is 0 Å². The maximum atomic E-state index is 6.48. The van der Waals surface area contributed by atoms with Gasteiger partial charge >= 0.3 is 0 Å². The third kappa shape index (κ3) is 2.28. The molecule has 0 radical (unpaired) electrons. The number of rotatable bonds is 2. The SMILES string of the molecule is Clc1ccc2c(c1-c1ccccc1)CC(c1ccccc1)O2. The molecule has 0 N–H and O–H groups in total.